The quantitative estimate of drug-likeness (QED) is 0.468. The first-order valence-corrected chi connectivity index (χ1v) is 9.30. The first-order valence-electron chi connectivity index (χ1n) is 9.30. The van der Waals surface area contributed by atoms with Gasteiger partial charge in [0.1, 0.15) is 12.0 Å². The Morgan fingerprint density at radius 3 is 1.92 bits per heavy atom. The van der Waals surface area contributed by atoms with Gasteiger partial charge in [-0.3, -0.25) is 4.79 Å². The fourth-order valence-electron chi connectivity index (χ4n) is 3.31. The van der Waals surface area contributed by atoms with Crippen LogP contribution in [0.1, 0.15) is 31.4 Å². The lowest BCUT2D eigenvalue weighted by molar-refractivity contribution is -0.149. The minimum atomic E-state index is -0.868. The van der Waals surface area contributed by atoms with Crippen molar-refractivity contribution in [3.8, 4) is 0 Å². The molecule has 0 aliphatic rings. The highest BCUT2D eigenvalue weighted by Crippen LogP contribution is 2.37. The van der Waals surface area contributed by atoms with Gasteiger partial charge in [0.25, 0.3) is 0 Å². The second-order valence-electron chi connectivity index (χ2n) is 6.29. The third kappa shape index (κ3) is 4.41. The maximum atomic E-state index is 13.3. The van der Waals surface area contributed by atoms with Gasteiger partial charge in [-0.2, -0.15) is 0 Å². The zero-order valence-electron chi connectivity index (χ0n) is 15.9. The monoisotopic (exact) mass is 351 g/mol. The van der Waals surface area contributed by atoms with Gasteiger partial charge < -0.3 is 9.64 Å². The van der Waals surface area contributed by atoms with E-state index in [2.05, 4.69) is 25.3 Å². The summed E-state index contributed by atoms with van der Waals surface area (Å²) in [5, 5.41) is 0. The molecule has 0 aliphatic carbocycles. The zero-order chi connectivity index (χ0) is 18.8. The van der Waals surface area contributed by atoms with Crippen molar-refractivity contribution in [2.75, 3.05) is 26.2 Å². The molecule has 0 aliphatic heterocycles. The highest BCUT2D eigenvalue weighted by molar-refractivity contribution is 5.88. The number of hydrogen-bond donors (Lipinski definition) is 0. The number of allylic oxidation sites excluding steroid dienone is 1. The Labute approximate surface area is 157 Å². The lowest BCUT2D eigenvalue weighted by atomic mass is 9.72. The number of esters is 1. The molecule has 0 N–H and O–H groups in total. The summed E-state index contributed by atoms with van der Waals surface area (Å²) in [4.78, 5) is 15.6. The summed E-state index contributed by atoms with van der Waals surface area (Å²) in [6.45, 7) is 11.1. The van der Waals surface area contributed by atoms with Gasteiger partial charge in [-0.25, -0.2) is 0 Å². The Bertz CT molecular complexity index is 638. The molecule has 0 heterocycles. The summed E-state index contributed by atoms with van der Waals surface area (Å²) in [5.74, 6) is -0.220. The summed E-state index contributed by atoms with van der Waals surface area (Å²) in [6, 6.07) is 19.7. The molecular weight excluding hydrogens is 322 g/mol. The number of carbonyl (C=O) groups excluding carboxylic acids is 1. The van der Waals surface area contributed by atoms with E-state index in [4.69, 9.17) is 4.74 Å². The predicted molar refractivity (Wildman–Crippen MR) is 107 cm³/mol. The summed E-state index contributed by atoms with van der Waals surface area (Å²) >= 11 is 0. The minimum absolute atomic E-state index is 0.220. The van der Waals surface area contributed by atoms with Crippen LogP contribution in [0, 0.1) is 0 Å². The maximum absolute atomic E-state index is 13.3. The number of likely N-dealkylation sites (N-methyl/N-ethyl adjacent to an activating group) is 1. The van der Waals surface area contributed by atoms with Crippen LogP contribution in [-0.4, -0.2) is 37.1 Å². The van der Waals surface area contributed by atoms with Gasteiger partial charge in [0.2, 0.25) is 0 Å². The predicted octanol–water partition coefficient (Wildman–Crippen LogP) is 4.43. The molecule has 0 amide bonds. The minimum Gasteiger partial charge on any atom is -0.463 e. The molecule has 0 saturated carbocycles. The lowest BCUT2D eigenvalue weighted by Crippen LogP contribution is -2.40. The molecule has 0 atom stereocenters. The van der Waals surface area contributed by atoms with Gasteiger partial charge >= 0.3 is 5.97 Å². The van der Waals surface area contributed by atoms with E-state index in [0.717, 1.165) is 30.8 Å². The van der Waals surface area contributed by atoms with E-state index in [-0.39, 0.29) is 5.97 Å². The molecule has 0 aromatic heterocycles. The van der Waals surface area contributed by atoms with Gasteiger partial charge in [0.15, 0.2) is 0 Å². The molecule has 0 unspecified atom stereocenters. The third-order valence-corrected chi connectivity index (χ3v) is 4.87. The van der Waals surface area contributed by atoms with Crippen LogP contribution in [-0.2, 0) is 14.9 Å². The molecule has 0 saturated heterocycles. The second kappa shape index (κ2) is 9.93. The van der Waals surface area contributed by atoms with E-state index < -0.39 is 5.41 Å². The number of benzene rings is 2. The third-order valence-electron chi connectivity index (χ3n) is 4.87. The molecule has 26 heavy (non-hydrogen) atoms. The lowest BCUT2D eigenvalue weighted by Gasteiger charge is -2.32. The number of hydrogen-bond acceptors (Lipinski definition) is 3. The molecule has 0 fully saturated rings. The molecule has 138 valence electrons. The van der Waals surface area contributed by atoms with E-state index in [1.54, 1.807) is 6.08 Å². The van der Waals surface area contributed by atoms with Crippen molar-refractivity contribution < 1.29 is 9.53 Å². The van der Waals surface area contributed by atoms with Gasteiger partial charge in [-0.15, -0.1) is 6.58 Å². The smallest absolute Gasteiger partial charge is 0.321 e. The molecule has 3 heteroatoms. The largest absolute Gasteiger partial charge is 0.463 e. The SMILES string of the molecule is C=CCC(C(=O)OCCN(CC)CC)(c1ccccc1)c1ccccc1. The van der Waals surface area contributed by atoms with E-state index in [1.807, 2.05) is 60.7 Å². The van der Waals surface area contributed by atoms with Crippen molar-refractivity contribution in [2.45, 2.75) is 25.7 Å². The fraction of sp³-hybridized carbons (Fsp3) is 0.348. The van der Waals surface area contributed by atoms with Gasteiger partial charge in [-0.1, -0.05) is 80.6 Å². The van der Waals surface area contributed by atoms with E-state index in [1.165, 1.54) is 0 Å². The van der Waals surface area contributed by atoms with Crippen LogP contribution in [0.2, 0.25) is 0 Å². The van der Waals surface area contributed by atoms with Crippen LogP contribution in [0.5, 0.6) is 0 Å². The van der Waals surface area contributed by atoms with Gasteiger partial charge in [0.05, 0.1) is 0 Å². The Kier molecular flexibility index (Phi) is 7.61. The van der Waals surface area contributed by atoms with E-state index in [9.17, 15) is 4.79 Å². The number of ether oxygens (including phenoxy) is 1. The van der Waals surface area contributed by atoms with Crippen LogP contribution in [0.3, 0.4) is 0 Å². The van der Waals surface area contributed by atoms with Crippen molar-refractivity contribution in [1.82, 2.24) is 4.90 Å². The van der Waals surface area contributed by atoms with Crippen molar-refractivity contribution in [3.63, 3.8) is 0 Å². The van der Waals surface area contributed by atoms with Crippen LogP contribution >= 0.6 is 0 Å². The van der Waals surface area contributed by atoms with Crippen molar-refractivity contribution in [1.29, 1.82) is 0 Å². The number of carbonyl (C=O) groups is 1. The second-order valence-corrected chi connectivity index (χ2v) is 6.29. The topological polar surface area (TPSA) is 29.5 Å². The first kappa shape index (κ1) is 19.9. The molecule has 0 radical (unpaired) electrons. The summed E-state index contributed by atoms with van der Waals surface area (Å²) in [6.07, 6.45) is 2.29. The van der Waals surface area contributed by atoms with E-state index in [0.29, 0.717) is 13.0 Å². The summed E-state index contributed by atoms with van der Waals surface area (Å²) in [7, 11) is 0. The van der Waals surface area contributed by atoms with Crippen molar-refractivity contribution >= 4 is 5.97 Å². The average Bonchev–Trinajstić information content (AvgIpc) is 2.70. The standard InChI is InChI=1S/C23H29NO2/c1-4-17-23(20-13-9-7-10-14-20,21-15-11-8-12-16-21)22(25)26-19-18-24(5-2)6-3/h4,7-16H,1,5-6,17-19H2,2-3H3. The van der Waals surface area contributed by atoms with Crippen molar-refractivity contribution in [3.05, 3.63) is 84.4 Å². The van der Waals surface area contributed by atoms with Crippen LogP contribution < -0.4 is 0 Å². The Morgan fingerprint density at radius 2 is 1.50 bits per heavy atom. The molecule has 0 spiro atoms. The maximum Gasteiger partial charge on any atom is 0.321 e. The van der Waals surface area contributed by atoms with Crippen LogP contribution in [0.25, 0.3) is 0 Å². The highest BCUT2D eigenvalue weighted by atomic mass is 16.5. The average molecular weight is 351 g/mol. The fourth-order valence-corrected chi connectivity index (χ4v) is 3.31. The van der Waals surface area contributed by atoms with Crippen molar-refractivity contribution in [2.24, 2.45) is 0 Å². The number of rotatable bonds is 10. The zero-order valence-corrected chi connectivity index (χ0v) is 15.9. The number of nitrogens with zero attached hydrogens (tertiary/aromatic N) is 1. The molecular formula is C23H29NO2. The van der Waals surface area contributed by atoms with Gasteiger partial charge in [-0.05, 0) is 30.6 Å². The summed E-state index contributed by atoms with van der Waals surface area (Å²) < 4.78 is 5.77. The normalized spacial score (nSPS) is 11.3. The Balaban J connectivity index is 2.36. The molecule has 3 nitrogen and oxygen atoms in total. The first-order chi connectivity index (χ1) is 12.7. The Hall–Kier alpha value is -2.39. The summed E-state index contributed by atoms with van der Waals surface area (Å²) in [5.41, 5.74) is 0.992. The van der Waals surface area contributed by atoms with E-state index >= 15 is 0 Å². The molecule has 2 rings (SSSR count). The molecule has 0 bridgehead atoms. The molecule has 2 aromatic carbocycles. The molecule has 2 aromatic rings. The van der Waals surface area contributed by atoms with Crippen LogP contribution in [0.15, 0.2) is 73.3 Å². The highest BCUT2D eigenvalue weighted by Gasteiger charge is 2.42. The van der Waals surface area contributed by atoms with Gasteiger partial charge in [0, 0.05) is 6.54 Å². The van der Waals surface area contributed by atoms with Crippen LogP contribution in [0.4, 0.5) is 0 Å². The Morgan fingerprint density at radius 1 is 1.00 bits per heavy atom.